The molecule has 3 rings (SSSR count). The number of hydrogen-bond acceptors (Lipinski definition) is 4. The van der Waals surface area contributed by atoms with Crippen LogP contribution in [0.1, 0.15) is 28.8 Å². The number of piperidine rings is 1. The smallest absolute Gasteiger partial charge is 0.337 e. The van der Waals surface area contributed by atoms with Gasteiger partial charge in [-0.2, -0.15) is 0 Å². The molecule has 2 aromatic rings. The minimum absolute atomic E-state index is 0.211. The summed E-state index contributed by atoms with van der Waals surface area (Å²) in [4.78, 5) is 23.7. The van der Waals surface area contributed by atoms with Gasteiger partial charge in [0.2, 0.25) is 0 Å². The lowest BCUT2D eigenvalue weighted by Crippen LogP contribution is -2.47. The molecule has 0 unspecified atom stereocenters. The molecule has 7 heteroatoms. The molecular formula is C22H26FN3O3. The molecule has 0 aromatic heterocycles. The first-order chi connectivity index (χ1) is 14.0. The quantitative estimate of drug-likeness (QED) is 0.651. The first-order valence-corrected chi connectivity index (χ1v) is 9.74. The molecule has 6 nitrogen and oxygen atoms in total. The highest BCUT2D eigenvalue weighted by Crippen LogP contribution is 2.19. The lowest BCUT2D eigenvalue weighted by atomic mass is 9.89. The van der Waals surface area contributed by atoms with E-state index in [1.54, 1.807) is 24.3 Å². The van der Waals surface area contributed by atoms with Crippen LogP contribution in [0.5, 0.6) is 0 Å². The average molecular weight is 399 g/mol. The van der Waals surface area contributed by atoms with Gasteiger partial charge in [0.05, 0.1) is 12.7 Å². The molecule has 2 aromatic carbocycles. The van der Waals surface area contributed by atoms with E-state index >= 15 is 0 Å². The molecule has 29 heavy (non-hydrogen) atoms. The van der Waals surface area contributed by atoms with Crippen molar-refractivity contribution in [1.29, 1.82) is 0 Å². The van der Waals surface area contributed by atoms with Crippen LogP contribution >= 0.6 is 0 Å². The zero-order chi connectivity index (χ0) is 20.6. The molecule has 1 aliphatic rings. The summed E-state index contributed by atoms with van der Waals surface area (Å²) in [5, 5.41) is 9.07. The first kappa shape index (κ1) is 20.8. The maximum atomic E-state index is 13.0. The monoisotopic (exact) mass is 399 g/mol. The first-order valence-electron chi connectivity index (χ1n) is 9.74. The second-order valence-electron chi connectivity index (χ2n) is 7.29. The summed E-state index contributed by atoms with van der Waals surface area (Å²) in [5.41, 5.74) is 2.05. The zero-order valence-electron chi connectivity index (χ0n) is 16.4. The Bertz CT molecular complexity index is 833. The molecule has 1 aliphatic heterocycles. The van der Waals surface area contributed by atoms with Gasteiger partial charge >= 0.3 is 12.0 Å². The Morgan fingerprint density at radius 3 is 2.66 bits per heavy atom. The predicted molar refractivity (Wildman–Crippen MR) is 109 cm³/mol. The molecule has 0 saturated carbocycles. The van der Waals surface area contributed by atoms with Crippen molar-refractivity contribution in [2.45, 2.75) is 25.3 Å². The van der Waals surface area contributed by atoms with Crippen LogP contribution in [0.15, 0.2) is 48.5 Å². The summed E-state index contributed by atoms with van der Waals surface area (Å²) in [7, 11) is 1.32. The molecule has 1 fully saturated rings. The Morgan fingerprint density at radius 1 is 1.17 bits per heavy atom. The second-order valence-corrected chi connectivity index (χ2v) is 7.29. The van der Waals surface area contributed by atoms with Gasteiger partial charge in [-0.1, -0.05) is 18.2 Å². The molecule has 3 N–H and O–H groups in total. The fourth-order valence-electron chi connectivity index (χ4n) is 3.51. The fraction of sp³-hybridized carbons (Fsp3) is 0.364. The number of hydrogen-bond donors (Lipinski definition) is 3. The van der Waals surface area contributed by atoms with Crippen molar-refractivity contribution < 1.29 is 18.7 Å². The maximum absolute atomic E-state index is 13.0. The summed E-state index contributed by atoms with van der Waals surface area (Å²) < 4.78 is 17.7. The summed E-state index contributed by atoms with van der Waals surface area (Å²) in [5.74, 6) is -0.154. The third-order valence-electron chi connectivity index (χ3n) is 5.11. The molecule has 2 atom stereocenters. The van der Waals surface area contributed by atoms with Crippen LogP contribution in [-0.4, -0.2) is 38.2 Å². The van der Waals surface area contributed by atoms with E-state index in [0.717, 1.165) is 31.4 Å². The topological polar surface area (TPSA) is 79.5 Å². The molecular weight excluding hydrogens is 373 g/mol. The number of carbonyl (C=O) groups is 2. The van der Waals surface area contributed by atoms with E-state index < -0.39 is 5.97 Å². The predicted octanol–water partition coefficient (Wildman–Crippen LogP) is 3.34. The van der Waals surface area contributed by atoms with Crippen LogP contribution in [0.2, 0.25) is 0 Å². The molecule has 154 valence electrons. The fourth-order valence-corrected chi connectivity index (χ4v) is 3.51. The van der Waals surface area contributed by atoms with Crippen molar-refractivity contribution in [3.8, 4) is 0 Å². The van der Waals surface area contributed by atoms with E-state index in [0.29, 0.717) is 23.7 Å². The number of rotatable bonds is 6. The van der Waals surface area contributed by atoms with Crippen LogP contribution < -0.4 is 16.0 Å². The van der Waals surface area contributed by atoms with E-state index in [-0.39, 0.29) is 17.9 Å². The number of esters is 1. The number of amides is 2. The number of ether oxygens (including phenoxy) is 1. The van der Waals surface area contributed by atoms with E-state index in [2.05, 4.69) is 20.7 Å². The van der Waals surface area contributed by atoms with Gasteiger partial charge in [0.15, 0.2) is 0 Å². The van der Waals surface area contributed by atoms with Crippen molar-refractivity contribution >= 4 is 17.7 Å². The van der Waals surface area contributed by atoms with Crippen LogP contribution in [0, 0.1) is 11.7 Å². The normalized spacial score (nSPS) is 18.7. The van der Waals surface area contributed by atoms with E-state index in [1.807, 2.05) is 12.1 Å². The van der Waals surface area contributed by atoms with Gasteiger partial charge in [0, 0.05) is 18.3 Å². The van der Waals surface area contributed by atoms with E-state index in [9.17, 15) is 14.0 Å². The Labute approximate surface area is 169 Å². The number of benzene rings is 2. The van der Waals surface area contributed by atoms with Crippen molar-refractivity contribution in [3.63, 3.8) is 0 Å². The lowest BCUT2D eigenvalue weighted by Gasteiger charge is -2.30. The van der Waals surface area contributed by atoms with Crippen molar-refractivity contribution in [2.24, 2.45) is 5.92 Å². The van der Waals surface area contributed by atoms with Gasteiger partial charge in [0.25, 0.3) is 0 Å². The van der Waals surface area contributed by atoms with Crippen LogP contribution in [0.25, 0.3) is 0 Å². The highest BCUT2D eigenvalue weighted by molar-refractivity contribution is 5.93. The number of anilines is 1. The van der Waals surface area contributed by atoms with Crippen molar-refractivity contribution in [3.05, 3.63) is 65.5 Å². The summed E-state index contributed by atoms with van der Waals surface area (Å²) in [6.07, 6.45) is 2.94. The Morgan fingerprint density at radius 2 is 1.97 bits per heavy atom. The largest absolute Gasteiger partial charge is 0.465 e. The van der Waals surface area contributed by atoms with Gasteiger partial charge < -0.3 is 20.7 Å². The standard InChI is InChI=1S/C22H26FN3O3/c1-29-21(27)17-3-2-4-19(12-17)26-22(28)25-14-20-10-7-16(13-24-20)11-15-5-8-18(23)9-6-15/h2-6,8-9,12,16,20,24H,7,10-11,13-14H2,1H3,(H2,25,26,28)/t16-,20+/m1/s1. The van der Waals surface area contributed by atoms with Crippen LogP contribution in [0.3, 0.4) is 0 Å². The number of urea groups is 1. The minimum Gasteiger partial charge on any atom is -0.465 e. The third kappa shape index (κ3) is 6.29. The van der Waals surface area contributed by atoms with Crippen molar-refractivity contribution in [2.75, 3.05) is 25.5 Å². The van der Waals surface area contributed by atoms with E-state index in [1.165, 1.54) is 19.2 Å². The van der Waals surface area contributed by atoms with Gasteiger partial charge in [-0.05, 0) is 67.6 Å². The maximum Gasteiger partial charge on any atom is 0.337 e. The van der Waals surface area contributed by atoms with Gasteiger partial charge in [-0.3, -0.25) is 0 Å². The Kier molecular flexibility index (Phi) is 7.19. The molecule has 0 bridgehead atoms. The zero-order valence-corrected chi connectivity index (χ0v) is 16.4. The van der Waals surface area contributed by atoms with Crippen LogP contribution in [0.4, 0.5) is 14.9 Å². The van der Waals surface area contributed by atoms with Gasteiger partial charge in [0.1, 0.15) is 5.82 Å². The number of methoxy groups -OCH3 is 1. The number of nitrogens with one attached hydrogen (secondary N) is 3. The summed E-state index contributed by atoms with van der Waals surface area (Å²) >= 11 is 0. The number of halogens is 1. The molecule has 0 aliphatic carbocycles. The highest BCUT2D eigenvalue weighted by atomic mass is 19.1. The van der Waals surface area contributed by atoms with E-state index in [4.69, 9.17) is 0 Å². The van der Waals surface area contributed by atoms with Crippen LogP contribution in [-0.2, 0) is 11.2 Å². The molecule has 0 radical (unpaired) electrons. The number of carbonyl (C=O) groups excluding carboxylic acids is 2. The summed E-state index contributed by atoms with van der Waals surface area (Å²) in [6.45, 7) is 1.39. The summed E-state index contributed by atoms with van der Waals surface area (Å²) in [6, 6.07) is 13.2. The third-order valence-corrected chi connectivity index (χ3v) is 5.11. The molecule has 0 spiro atoms. The van der Waals surface area contributed by atoms with Crippen molar-refractivity contribution in [1.82, 2.24) is 10.6 Å². The minimum atomic E-state index is -0.448. The second kappa shape index (κ2) is 10.0. The molecule has 1 heterocycles. The highest BCUT2D eigenvalue weighted by Gasteiger charge is 2.21. The Hall–Kier alpha value is -2.93. The van der Waals surface area contributed by atoms with Gasteiger partial charge in [-0.15, -0.1) is 0 Å². The molecule has 1 saturated heterocycles. The molecule has 2 amide bonds. The van der Waals surface area contributed by atoms with Gasteiger partial charge in [-0.25, -0.2) is 14.0 Å². The SMILES string of the molecule is COC(=O)c1cccc(NC(=O)NC[C@@H]2CC[C@H](Cc3ccc(F)cc3)CN2)c1. The average Bonchev–Trinajstić information content (AvgIpc) is 2.74. The Balaban J connectivity index is 1.39. The lowest BCUT2D eigenvalue weighted by molar-refractivity contribution is 0.0600.